The number of benzene rings is 3. The van der Waals surface area contributed by atoms with Crippen molar-refractivity contribution in [2.45, 2.75) is 4.90 Å². The highest BCUT2D eigenvalue weighted by Crippen LogP contribution is 2.21. The molecule has 162 valence electrons. The van der Waals surface area contributed by atoms with Gasteiger partial charge in [-0.25, -0.2) is 17.2 Å². The van der Waals surface area contributed by atoms with Crippen molar-refractivity contribution in [3.63, 3.8) is 0 Å². The highest BCUT2D eigenvalue weighted by molar-refractivity contribution is 7.92. The third-order valence-corrected chi connectivity index (χ3v) is 5.45. The van der Waals surface area contributed by atoms with Gasteiger partial charge in [0.1, 0.15) is 23.1 Å². The van der Waals surface area contributed by atoms with Crippen LogP contribution in [0.5, 0.6) is 11.5 Å². The second-order valence-electron chi connectivity index (χ2n) is 6.27. The molecule has 0 saturated heterocycles. The summed E-state index contributed by atoms with van der Waals surface area (Å²) in [4.78, 5) is 11.9. The third kappa shape index (κ3) is 5.92. The van der Waals surface area contributed by atoms with Gasteiger partial charge in [-0.1, -0.05) is 0 Å². The minimum atomic E-state index is -3.83. The van der Waals surface area contributed by atoms with Gasteiger partial charge in [0.05, 0.1) is 17.7 Å². The zero-order valence-electron chi connectivity index (χ0n) is 16.3. The maximum atomic E-state index is 13.6. The predicted octanol–water partition coefficient (Wildman–Crippen LogP) is 3.79. The molecule has 0 atom stereocenters. The monoisotopic (exact) mass is 448 g/mol. The molecule has 3 aromatic rings. The SMILES string of the molecule is COc1ccc(NS(=O)(=O)c2ccc(OCC(=O)Nc3ccc(F)cc3F)cc2)cc1. The van der Waals surface area contributed by atoms with E-state index in [0.717, 1.165) is 12.1 Å². The van der Waals surface area contributed by atoms with Gasteiger partial charge in [-0.05, 0) is 60.7 Å². The van der Waals surface area contributed by atoms with Crippen LogP contribution in [0.4, 0.5) is 20.2 Å². The van der Waals surface area contributed by atoms with Crippen LogP contribution in [0.15, 0.2) is 71.6 Å². The van der Waals surface area contributed by atoms with E-state index in [1.54, 1.807) is 24.3 Å². The van der Waals surface area contributed by atoms with Crippen molar-refractivity contribution in [2.24, 2.45) is 0 Å². The Bertz CT molecular complexity index is 1170. The summed E-state index contributed by atoms with van der Waals surface area (Å²) in [5, 5.41) is 2.26. The molecule has 0 saturated carbocycles. The zero-order chi connectivity index (χ0) is 22.4. The molecule has 0 aliphatic rings. The molecule has 7 nitrogen and oxygen atoms in total. The quantitative estimate of drug-likeness (QED) is 0.547. The lowest BCUT2D eigenvalue weighted by Gasteiger charge is -2.10. The number of carbonyl (C=O) groups is 1. The molecular formula is C21H18F2N2O5S. The summed E-state index contributed by atoms with van der Waals surface area (Å²) < 4.78 is 64.2. The van der Waals surface area contributed by atoms with Crippen molar-refractivity contribution in [1.29, 1.82) is 0 Å². The number of carbonyl (C=O) groups excluding carboxylic acids is 1. The minimum Gasteiger partial charge on any atom is -0.497 e. The summed E-state index contributed by atoms with van der Waals surface area (Å²) in [5.74, 6) is -1.51. The average molecular weight is 448 g/mol. The first kappa shape index (κ1) is 22.0. The molecule has 0 fully saturated rings. The molecule has 2 N–H and O–H groups in total. The zero-order valence-corrected chi connectivity index (χ0v) is 17.1. The molecule has 0 aromatic heterocycles. The van der Waals surface area contributed by atoms with Crippen LogP contribution >= 0.6 is 0 Å². The van der Waals surface area contributed by atoms with Crippen LogP contribution in [-0.4, -0.2) is 28.0 Å². The molecule has 0 heterocycles. The fourth-order valence-electron chi connectivity index (χ4n) is 2.51. The van der Waals surface area contributed by atoms with E-state index in [4.69, 9.17) is 9.47 Å². The van der Waals surface area contributed by atoms with Crippen molar-refractivity contribution in [3.05, 3.63) is 78.4 Å². The predicted molar refractivity (Wildman–Crippen MR) is 111 cm³/mol. The molecule has 3 aromatic carbocycles. The highest BCUT2D eigenvalue weighted by atomic mass is 32.2. The molecule has 31 heavy (non-hydrogen) atoms. The number of hydrogen-bond donors (Lipinski definition) is 2. The van der Waals surface area contributed by atoms with Gasteiger partial charge >= 0.3 is 0 Å². The largest absolute Gasteiger partial charge is 0.497 e. The molecule has 0 bridgehead atoms. The van der Waals surface area contributed by atoms with Crippen LogP contribution in [0, 0.1) is 11.6 Å². The van der Waals surface area contributed by atoms with E-state index < -0.39 is 34.2 Å². The van der Waals surface area contributed by atoms with Crippen molar-refractivity contribution in [2.75, 3.05) is 23.8 Å². The third-order valence-electron chi connectivity index (χ3n) is 4.05. The van der Waals surface area contributed by atoms with Crippen LogP contribution in [0.1, 0.15) is 0 Å². The second-order valence-corrected chi connectivity index (χ2v) is 7.95. The first-order valence-electron chi connectivity index (χ1n) is 8.91. The molecule has 0 radical (unpaired) electrons. The Hall–Kier alpha value is -3.66. The first-order valence-corrected chi connectivity index (χ1v) is 10.4. The number of halogens is 2. The van der Waals surface area contributed by atoms with Crippen LogP contribution in [0.25, 0.3) is 0 Å². The van der Waals surface area contributed by atoms with E-state index >= 15 is 0 Å². The van der Waals surface area contributed by atoms with Gasteiger partial charge in [-0.15, -0.1) is 0 Å². The molecule has 0 aliphatic heterocycles. The maximum absolute atomic E-state index is 13.6. The molecule has 0 unspecified atom stereocenters. The summed E-state index contributed by atoms with van der Waals surface area (Å²) >= 11 is 0. The second kappa shape index (κ2) is 9.43. The van der Waals surface area contributed by atoms with Gasteiger partial charge in [0, 0.05) is 11.8 Å². The topological polar surface area (TPSA) is 93.7 Å². The van der Waals surface area contributed by atoms with Crippen LogP contribution in [0.3, 0.4) is 0 Å². The summed E-state index contributed by atoms with van der Waals surface area (Å²) in [6, 6.07) is 14.5. The van der Waals surface area contributed by atoms with Gasteiger partial charge < -0.3 is 14.8 Å². The Morgan fingerprint density at radius 2 is 1.58 bits per heavy atom. The Kier molecular flexibility index (Phi) is 6.71. The number of amides is 1. The van der Waals surface area contributed by atoms with Gasteiger partial charge in [0.2, 0.25) is 0 Å². The lowest BCUT2D eigenvalue weighted by Crippen LogP contribution is -2.21. The van der Waals surface area contributed by atoms with Gasteiger partial charge in [-0.2, -0.15) is 0 Å². The van der Waals surface area contributed by atoms with E-state index in [2.05, 4.69) is 10.0 Å². The Morgan fingerprint density at radius 1 is 0.935 bits per heavy atom. The summed E-state index contributed by atoms with van der Waals surface area (Å²) in [6.45, 7) is -0.451. The standard InChI is InChI=1S/C21H18F2N2O5S/c1-29-16-5-3-15(4-6-16)25-31(27,28)18-9-7-17(8-10-18)30-13-21(26)24-20-11-2-14(22)12-19(20)23/h2-12,25H,13H2,1H3,(H,24,26). The van der Waals surface area contributed by atoms with Crippen molar-refractivity contribution >= 4 is 27.3 Å². The van der Waals surface area contributed by atoms with Crippen LogP contribution in [-0.2, 0) is 14.8 Å². The molecule has 1 amide bonds. The van der Waals surface area contributed by atoms with Gasteiger partial charge in [0.25, 0.3) is 15.9 Å². The average Bonchev–Trinajstić information content (AvgIpc) is 2.75. The Balaban J connectivity index is 1.58. The van der Waals surface area contributed by atoms with Crippen LogP contribution in [0.2, 0.25) is 0 Å². The van der Waals surface area contributed by atoms with E-state index in [1.807, 2.05) is 0 Å². The van der Waals surface area contributed by atoms with Crippen LogP contribution < -0.4 is 19.5 Å². The maximum Gasteiger partial charge on any atom is 0.262 e. The molecule has 0 aliphatic carbocycles. The Labute approximate surface area is 177 Å². The lowest BCUT2D eigenvalue weighted by molar-refractivity contribution is -0.118. The molecular weight excluding hydrogens is 430 g/mol. The summed E-state index contributed by atoms with van der Waals surface area (Å²) in [5.41, 5.74) is 0.187. The number of ether oxygens (including phenoxy) is 2. The number of sulfonamides is 1. The summed E-state index contributed by atoms with van der Waals surface area (Å²) in [7, 11) is -2.32. The number of anilines is 2. The van der Waals surface area contributed by atoms with Crippen molar-refractivity contribution in [3.8, 4) is 11.5 Å². The number of nitrogens with one attached hydrogen (secondary N) is 2. The van der Waals surface area contributed by atoms with E-state index in [0.29, 0.717) is 17.5 Å². The van der Waals surface area contributed by atoms with Crippen molar-refractivity contribution < 1.29 is 31.5 Å². The highest BCUT2D eigenvalue weighted by Gasteiger charge is 2.15. The number of rotatable bonds is 8. The molecule has 0 spiro atoms. The number of methoxy groups -OCH3 is 1. The first-order chi connectivity index (χ1) is 14.8. The Morgan fingerprint density at radius 3 is 2.19 bits per heavy atom. The van der Waals surface area contributed by atoms with E-state index in [-0.39, 0.29) is 16.3 Å². The van der Waals surface area contributed by atoms with E-state index in [9.17, 15) is 22.0 Å². The van der Waals surface area contributed by atoms with Gasteiger partial charge in [-0.3, -0.25) is 9.52 Å². The molecule has 3 rings (SSSR count). The van der Waals surface area contributed by atoms with Gasteiger partial charge in [0.15, 0.2) is 6.61 Å². The lowest BCUT2D eigenvalue weighted by atomic mass is 10.3. The van der Waals surface area contributed by atoms with Crippen molar-refractivity contribution in [1.82, 2.24) is 0 Å². The minimum absolute atomic E-state index is 0.00602. The summed E-state index contributed by atoms with van der Waals surface area (Å²) in [6.07, 6.45) is 0. The number of hydrogen-bond acceptors (Lipinski definition) is 5. The normalized spacial score (nSPS) is 10.9. The smallest absolute Gasteiger partial charge is 0.262 e. The fourth-order valence-corrected chi connectivity index (χ4v) is 3.57. The molecule has 10 heteroatoms. The fraction of sp³-hybridized carbons (Fsp3) is 0.0952. The van der Waals surface area contributed by atoms with E-state index in [1.165, 1.54) is 31.4 Å².